The molecule has 1 atom stereocenters. The van der Waals surface area contributed by atoms with Crippen molar-refractivity contribution in [1.82, 2.24) is 9.88 Å². The van der Waals surface area contributed by atoms with Gasteiger partial charge in [-0.2, -0.15) is 0 Å². The Morgan fingerprint density at radius 2 is 2.11 bits per heavy atom. The molecule has 94 valence electrons. The number of hydrogen-bond donors (Lipinski definition) is 1. The summed E-state index contributed by atoms with van der Waals surface area (Å²) in [6.07, 6.45) is 2.63. The monoisotopic (exact) mass is 250 g/mol. The third kappa shape index (κ3) is 1.74. The molecule has 1 aromatic rings. The number of carbonyl (C=O) groups is 3. The first-order valence-corrected chi connectivity index (χ1v) is 5.11. The Kier molecular flexibility index (Phi) is 3.07. The number of carboxylic acids is 1. The predicted molar refractivity (Wildman–Crippen MR) is 58.0 cm³/mol. The van der Waals surface area contributed by atoms with Gasteiger partial charge in [0.25, 0.3) is 11.8 Å². The zero-order chi connectivity index (χ0) is 13.3. The second-order valence-corrected chi connectivity index (χ2v) is 3.71. The van der Waals surface area contributed by atoms with Crippen molar-refractivity contribution in [3.8, 4) is 0 Å². The van der Waals surface area contributed by atoms with Crippen molar-refractivity contribution in [2.24, 2.45) is 0 Å². The van der Waals surface area contributed by atoms with Gasteiger partial charge in [-0.25, -0.2) is 4.79 Å². The molecule has 2 heterocycles. The lowest BCUT2D eigenvalue weighted by atomic mass is 10.2. The minimum Gasteiger partial charge on any atom is -0.480 e. The van der Waals surface area contributed by atoms with Crippen molar-refractivity contribution in [2.75, 3.05) is 13.7 Å². The number of amides is 2. The predicted octanol–water partition coefficient (Wildman–Crippen LogP) is -0.223. The van der Waals surface area contributed by atoms with E-state index in [1.807, 2.05) is 0 Å². The molecule has 0 spiro atoms. The Morgan fingerprint density at radius 3 is 2.67 bits per heavy atom. The summed E-state index contributed by atoms with van der Waals surface area (Å²) in [6, 6.07) is 0.0590. The number of imide groups is 1. The number of rotatable bonds is 4. The van der Waals surface area contributed by atoms with E-state index < -0.39 is 23.8 Å². The highest BCUT2D eigenvalue weighted by molar-refractivity contribution is 6.22. The molecule has 7 heteroatoms. The number of ether oxygens (including phenoxy) is 1. The molecule has 0 fully saturated rings. The van der Waals surface area contributed by atoms with Gasteiger partial charge in [0.2, 0.25) is 0 Å². The highest BCUT2D eigenvalue weighted by Gasteiger charge is 2.43. The summed E-state index contributed by atoms with van der Waals surface area (Å²) >= 11 is 0. The van der Waals surface area contributed by atoms with Crippen LogP contribution in [0.2, 0.25) is 0 Å². The number of methoxy groups -OCH3 is 1. The number of pyridine rings is 1. The van der Waals surface area contributed by atoms with Crippen LogP contribution in [0.1, 0.15) is 20.7 Å². The molecule has 0 radical (unpaired) electrons. The van der Waals surface area contributed by atoms with Gasteiger partial charge in [0.1, 0.15) is 0 Å². The Morgan fingerprint density at radius 1 is 1.44 bits per heavy atom. The number of nitrogens with zero attached hydrogens (tertiary/aromatic N) is 2. The number of carbonyl (C=O) groups excluding carboxylic acids is 2. The molecular weight excluding hydrogens is 240 g/mol. The van der Waals surface area contributed by atoms with E-state index in [0.717, 1.165) is 0 Å². The van der Waals surface area contributed by atoms with Gasteiger partial charge in [-0.15, -0.1) is 0 Å². The standard InChI is InChI=1S/C11H10N2O5/c1-18-5-8(11(16)17)13-9(14)6-2-3-12-4-7(6)10(13)15/h2-4,8H,5H2,1H3,(H,16,17). The van der Waals surface area contributed by atoms with Crippen LogP contribution in [0, 0.1) is 0 Å². The summed E-state index contributed by atoms with van der Waals surface area (Å²) in [4.78, 5) is 39.5. The number of aromatic nitrogens is 1. The molecule has 1 aromatic heterocycles. The Labute approximate surface area is 102 Å². The highest BCUT2D eigenvalue weighted by Crippen LogP contribution is 2.23. The quantitative estimate of drug-likeness (QED) is 0.742. The van der Waals surface area contributed by atoms with Gasteiger partial charge >= 0.3 is 5.97 Å². The molecule has 2 rings (SSSR count). The topological polar surface area (TPSA) is 96.8 Å². The second-order valence-electron chi connectivity index (χ2n) is 3.71. The maximum atomic E-state index is 12.0. The van der Waals surface area contributed by atoms with E-state index in [0.29, 0.717) is 4.90 Å². The van der Waals surface area contributed by atoms with E-state index in [1.165, 1.54) is 25.6 Å². The van der Waals surface area contributed by atoms with E-state index in [2.05, 4.69) is 4.98 Å². The molecule has 0 aromatic carbocycles. The molecule has 2 amide bonds. The average Bonchev–Trinajstić information content (AvgIpc) is 2.60. The summed E-state index contributed by atoms with van der Waals surface area (Å²) in [5.74, 6) is -2.59. The zero-order valence-corrected chi connectivity index (χ0v) is 9.49. The van der Waals surface area contributed by atoms with Crippen LogP contribution in [0.4, 0.5) is 0 Å². The van der Waals surface area contributed by atoms with Gasteiger partial charge < -0.3 is 9.84 Å². The third-order valence-corrected chi connectivity index (χ3v) is 2.64. The van der Waals surface area contributed by atoms with Crippen molar-refractivity contribution in [2.45, 2.75) is 6.04 Å². The Hall–Kier alpha value is -2.28. The number of hydrogen-bond acceptors (Lipinski definition) is 5. The minimum atomic E-state index is -1.33. The van der Waals surface area contributed by atoms with Gasteiger partial charge in [0, 0.05) is 19.5 Å². The molecule has 0 saturated heterocycles. The van der Waals surface area contributed by atoms with Crippen molar-refractivity contribution in [3.63, 3.8) is 0 Å². The Bertz CT molecular complexity index is 493. The van der Waals surface area contributed by atoms with Gasteiger partial charge in [-0.1, -0.05) is 0 Å². The fraction of sp³-hybridized carbons (Fsp3) is 0.273. The van der Waals surface area contributed by atoms with Crippen molar-refractivity contribution >= 4 is 17.8 Å². The molecule has 1 aliphatic heterocycles. The van der Waals surface area contributed by atoms with Gasteiger partial charge in [0.15, 0.2) is 6.04 Å². The highest BCUT2D eigenvalue weighted by atomic mass is 16.5. The van der Waals surface area contributed by atoms with Gasteiger partial charge in [-0.3, -0.25) is 19.5 Å². The average molecular weight is 250 g/mol. The molecule has 0 saturated carbocycles. The van der Waals surface area contributed by atoms with Crippen molar-refractivity contribution in [1.29, 1.82) is 0 Å². The summed E-state index contributed by atoms with van der Waals surface area (Å²) < 4.78 is 4.73. The molecule has 1 N–H and O–H groups in total. The molecule has 7 nitrogen and oxygen atoms in total. The lowest BCUT2D eigenvalue weighted by Gasteiger charge is -2.21. The second kappa shape index (κ2) is 4.53. The molecule has 1 unspecified atom stereocenters. The SMILES string of the molecule is COCC(C(=O)O)N1C(=O)c2ccncc2C1=O. The lowest BCUT2D eigenvalue weighted by molar-refractivity contribution is -0.143. The summed E-state index contributed by atoms with van der Waals surface area (Å²) in [7, 11) is 1.30. The molecule has 1 aliphatic rings. The van der Waals surface area contributed by atoms with Crippen LogP contribution >= 0.6 is 0 Å². The van der Waals surface area contributed by atoms with Crippen LogP contribution < -0.4 is 0 Å². The van der Waals surface area contributed by atoms with Gasteiger partial charge in [0.05, 0.1) is 17.7 Å². The lowest BCUT2D eigenvalue weighted by Crippen LogP contribution is -2.47. The fourth-order valence-electron chi connectivity index (χ4n) is 1.80. The van der Waals surface area contributed by atoms with Crippen LogP contribution in [-0.2, 0) is 9.53 Å². The van der Waals surface area contributed by atoms with E-state index in [9.17, 15) is 14.4 Å². The van der Waals surface area contributed by atoms with E-state index in [1.54, 1.807) is 0 Å². The van der Waals surface area contributed by atoms with Crippen molar-refractivity contribution in [3.05, 3.63) is 29.6 Å². The van der Waals surface area contributed by atoms with Crippen LogP contribution in [0.3, 0.4) is 0 Å². The largest absolute Gasteiger partial charge is 0.480 e. The molecule has 0 aliphatic carbocycles. The van der Waals surface area contributed by atoms with Crippen LogP contribution in [0.5, 0.6) is 0 Å². The summed E-state index contributed by atoms with van der Waals surface area (Å²) in [5, 5.41) is 9.04. The first kappa shape index (κ1) is 12.2. The molecular formula is C11H10N2O5. The summed E-state index contributed by atoms with van der Waals surface area (Å²) in [6.45, 7) is -0.256. The van der Waals surface area contributed by atoms with Gasteiger partial charge in [-0.05, 0) is 6.07 Å². The van der Waals surface area contributed by atoms with Crippen LogP contribution in [0.15, 0.2) is 18.5 Å². The summed E-state index contributed by atoms with van der Waals surface area (Å²) in [5.41, 5.74) is 0.280. The molecule has 0 bridgehead atoms. The fourth-order valence-corrected chi connectivity index (χ4v) is 1.80. The Balaban J connectivity index is 2.41. The maximum Gasteiger partial charge on any atom is 0.329 e. The van der Waals surface area contributed by atoms with E-state index in [-0.39, 0.29) is 17.7 Å². The van der Waals surface area contributed by atoms with Crippen LogP contribution in [0.25, 0.3) is 0 Å². The first-order chi connectivity index (χ1) is 8.57. The maximum absolute atomic E-state index is 12.0. The normalized spacial score (nSPS) is 15.7. The number of fused-ring (bicyclic) bond motifs is 1. The minimum absolute atomic E-state index is 0.116. The third-order valence-electron chi connectivity index (χ3n) is 2.64. The smallest absolute Gasteiger partial charge is 0.329 e. The van der Waals surface area contributed by atoms with Crippen LogP contribution in [-0.4, -0.2) is 52.5 Å². The van der Waals surface area contributed by atoms with E-state index in [4.69, 9.17) is 9.84 Å². The van der Waals surface area contributed by atoms with E-state index >= 15 is 0 Å². The molecule has 18 heavy (non-hydrogen) atoms. The first-order valence-electron chi connectivity index (χ1n) is 5.11. The number of carboxylic acid groups (broad SMARTS) is 1. The zero-order valence-electron chi connectivity index (χ0n) is 9.49. The number of aliphatic carboxylic acids is 1. The van der Waals surface area contributed by atoms with Crippen molar-refractivity contribution < 1.29 is 24.2 Å².